The van der Waals surface area contributed by atoms with Crippen LogP contribution in [0.2, 0.25) is 0 Å². The SMILES string of the molecule is N#CC1CCCCC1n1cc(C(N)=O)c(Nc2ccc(F)c(F)c2)n1. The molecule has 2 aromatic rings. The Kier molecular flexibility index (Phi) is 4.65. The van der Waals surface area contributed by atoms with Gasteiger partial charge < -0.3 is 11.1 Å². The van der Waals surface area contributed by atoms with Crippen molar-refractivity contribution >= 4 is 17.4 Å². The summed E-state index contributed by atoms with van der Waals surface area (Å²) < 4.78 is 28.0. The van der Waals surface area contributed by atoms with E-state index in [1.165, 1.54) is 12.3 Å². The maximum atomic E-state index is 13.4. The number of nitrogens with zero attached hydrogens (tertiary/aromatic N) is 3. The lowest BCUT2D eigenvalue weighted by molar-refractivity contribution is 0.100. The Bertz CT molecular complexity index is 842. The quantitative estimate of drug-likeness (QED) is 0.889. The summed E-state index contributed by atoms with van der Waals surface area (Å²) >= 11 is 0. The number of halogens is 2. The summed E-state index contributed by atoms with van der Waals surface area (Å²) in [4.78, 5) is 11.7. The molecule has 1 aromatic carbocycles. The second-order valence-electron chi connectivity index (χ2n) is 6.08. The van der Waals surface area contributed by atoms with Crippen LogP contribution in [0.5, 0.6) is 0 Å². The standard InChI is InChI=1S/C17H17F2N5O/c18-13-6-5-11(7-14(13)19)22-17-12(16(21)25)9-24(23-17)15-4-2-1-3-10(15)8-20/h5-7,9-10,15H,1-4H2,(H2,21,25)(H,22,23). The van der Waals surface area contributed by atoms with Crippen molar-refractivity contribution in [1.29, 1.82) is 5.26 Å². The van der Waals surface area contributed by atoms with Gasteiger partial charge in [0.1, 0.15) is 5.56 Å². The first-order valence-electron chi connectivity index (χ1n) is 8.00. The highest BCUT2D eigenvalue weighted by atomic mass is 19.2. The Balaban J connectivity index is 1.93. The first kappa shape index (κ1) is 16.9. The van der Waals surface area contributed by atoms with E-state index in [2.05, 4.69) is 16.5 Å². The van der Waals surface area contributed by atoms with Crippen LogP contribution in [-0.4, -0.2) is 15.7 Å². The largest absolute Gasteiger partial charge is 0.365 e. The molecule has 0 radical (unpaired) electrons. The third kappa shape index (κ3) is 3.45. The maximum absolute atomic E-state index is 13.4. The van der Waals surface area contributed by atoms with Crippen LogP contribution in [0.3, 0.4) is 0 Å². The fraction of sp³-hybridized carbons (Fsp3) is 0.353. The molecule has 1 aliphatic rings. The summed E-state index contributed by atoms with van der Waals surface area (Å²) in [7, 11) is 0. The van der Waals surface area contributed by atoms with E-state index in [4.69, 9.17) is 5.73 Å². The topological polar surface area (TPSA) is 96.7 Å². The van der Waals surface area contributed by atoms with Crippen molar-refractivity contribution in [2.24, 2.45) is 11.7 Å². The molecular weight excluding hydrogens is 328 g/mol. The predicted octanol–water partition coefficient (Wildman–Crippen LogP) is 3.26. The second kappa shape index (κ2) is 6.89. The zero-order chi connectivity index (χ0) is 18.0. The van der Waals surface area contributed by atoms with Gasteiger partial charge in [-0.05, 0) is 25.0 Å². The van der Waals surface area contributed by atoms with Gasteiger partial charge in [-0.2, -0.15) is 10.4 Å². The van der Waals surface area contributed by atoms with Crippen LogP contribution in [0.4, 0.5) is 20.3 Å². The van der Waals surface area contributed by atoms with Gasteiger partial charge in [0, 0.05) is 18.0 Å². The zero-order valence-corrected chi connectivity index (χ0v) is 13.4. The molecule has 0 spiro atoms. The summed E-state index contributed by atoms with van der Waals surface area (Å²) in [6.07, 6.45) is 5.02. The van der Waals surface area contributed by atoms with Gasteiger partial charge in [-0.15, -0.1) is 0 Å². The molecule has 3 N–H and O–H groups in total. The number of aromatic nitrogens is 2. The van der Waals surface area contributed by atoms with E-state index in [0.717, 1.165) is 37.8 Å². The summed E-state index contributed by atoms with van der Waals surface area (Å²) in [6.45, 7) is 0. The normalized spacial score (nSPS) is 20.0. The summed E-state index contributed by atoms with van der Waals surface area (Å²) in [5, 5.41) is 16.5. The molecule has 0 bridgehead atoms. The molecule has 1 aromatic heterocycles. The van der Waals surface area contributed by atoms with Crippen LogP contribution in [-0.2, 0) is 0 Å². The van der Waals surface area contributed by atoms with Crippen molar-refractivity contribution in [1.82, 2.24) is 9.78 Å². The van der Waals surface area contributed by atoms with Gasteiger partial charge in [-0.1, -0.05) is 12.8 Å². The highest BCUT2D eigenvalue weighted by Gasteiger charge is 2.28. The number of nitrogens with two attached hydrogens (primary N) is 1. The lowest BCUT2D eigenvalue weighted by atomic mass is 9.85. The molecule has 0 saturated heterocycles. The van der Waals surface area contributed by atoms with Gasteiger partial charge in [-0.3, -0.25) is 9.48 Å². The highest BCUT2D eigenvalue weighted by molar-refractivity contribution is 5.98. The minimum Gasteiger partial charge on any atom is -0.365 e. The Morgan fingerprint density at radius 3 is 2.76 bits per heavy atom. The number of nitriles is 1. The Morgan fingerprint density at radius 1 is 1.32 bits per heavy atom. The number of hydrogen-bond acceptors (Lipinski definition) is 4. The van der Waals surface area contributed by atoms with Crippen molar-refractivity contribution in [3.8, 4) is 6.07 Å². The number of anilines is 2. The molecule has 1 heterocycles. The number of carbonyl (C=O) groups excluding carboxylic acids is 1. The van der Waals surface area contributed by atoms with Gasteiger partial charge >= 0.3 is 0 Å². The first-order valence-corrected chi connectivity index (χ1v) is 8.00. The van der Waals surface area contributed by atoms with Crippen LogP contribution in [0, 0.1) is 28.9 Å². The van der Waals surface area contributed by atoms with Gasteiger partial charge in [-0.25, -0.2) is 8.78 Å². The van der Waals surface area contributed by atoms with Gasteiger partial charge in [0.15, 0.2) is 17.5 Å². The first-order chi connectivity index (χ1) is 12.0. The number of primary amides is 1. The summed E-state index contributed by atoms with van der Waals surface area (Å²) in [5.74, 6) is -2.71. The highest BCUT2D eigenvalue weighted by Crippen LogP contribution is 2.34. The van der Waals surface area contributed by atoms with E-state index in [1.807, 2.05) is 0 Å². The van der Waals surface area contributed by atoms with Crippen molar-refractivity contribution in [3.63, 3.8) is 0 Å². The third-order valence-corrected chi connectivity index (χ3v) is 4.41. The van der Waals surface area contributed by atoms with E-state index in [1.54, 1.807) is 4.68 Å². The molecule has 1 saturated carbocycles. The van der Waals surface area contributed by atoms with E-state index in [0.29, 0.717) is 0 Å². The lowest BCUT2D eigenvalue weighted by Gasteiger charge is -2.26. The monoisotopic (exact) mass is 345 g/mol. The van der Waals surface area contributed by atoms with Crippen molar-refractivity contribution in [2.45, 2.75) is 31.7 Å². The number of rotatable bonds is 4. The minimum absolute atomic E-state index is 0.131. The number of amides is 1. The van der Waals surface area contributed by atoms with Crippen molar-refractivity contribution in [2.75, 3.05) is 5.32 Å². The molecule has 25 heavy (non-hydrogen) atoms. The fourth-order valence-corrected chi connectivity index (χ4v) is 3.12. The Labute approximate surface area is 143 Å². The second-order valence-corrected chi connectivity index (χ2v) is 6.08. The number of nitrogens with one attached hydrogen (secondary N) is 1. The molecule has 6 nitrogen and oxygen atoms in total. The maximum Gasteiger partial charge on any atom is 0.254 e. The molecule has 130 valence electrons. The van der Waals surface area contributed by atoms with E-state index in [9.17, 15) is 18.8 Å². The van der Waals surface area contributed by atoms with Gasteiger partial charge in [0.25, 0.3) is 5.91 Å². The van der Waals surface area contributed by atoms with Gasteiger partial charge in [0.2, 0.25) is 0 Å². The molecule has 1 aliphatic carbocycles. The van der Waals surface area contributed by atoms with Crippen LogP contribution in [0.1, 0.15) is 42.1 Å². The van der Waals surface area contributed by atoms with Crippen molar-refractivity contribution in [3.05, 3.63) is 41.6 Å². The van der Waals surface area contributed by atoms with Crippen LogP contribution >= 0.6 is 0 Å². The number of benzene rings is 1. The predicted molar refractivity (Wildman–Crippen MR) is 87.0 cm³/mol. The number of carbonyl (C=O) groups is 1. The molecule has 8 heteroatoms. The fourth-order valence-electron chi connectivity index (χ4n) is 3.12. The van der Waals surface area contributed by atoms with Crippen LogP contribution in [0.15, 0.2) is 24.4 Å². The van der Waals surface area contributed by atoms with E-state index >= 15 is 0 Å². The smallest absolute Gasteiger partial charge is 0.254 e. The zero-order valence-electron chi connectivity index (χ0n) is 13.4. The van der Waals surface area contributed by atoms with Gasteiger partial charge in [0.05, 0.1) is 18.0 Å². The molecule has 1 amide bonds. The third-order valence-electron chi connectivity index (χ3n) is 4.41. The van der Waals surface area contributed by atoms with Crippen LogP contribution in [0.25, 0.3) is 0 Å². The molecular formula is C17H17F2N5O. The summed E-state index contributed by atoms with van der Waals surface area (Å²) in [5.41, 5.74) is 5.78. The lowest BCUT2D eigenvalue weighted by Crippen LogP contribution is -2.22. The summed E-state index contributed by atoms with van der Waals surface area (Å²) in [6, 6.07) is 5.43. The van der Waals surface area contributed by atoms with Crippen LogP contribution < -0.4 is 11.1 Å². The Hall–Kier alpha value is -2.95. The molecule has 0 aliphatic heterocycles. The van der Waals surface area contributed by atoms with E-state index < -0.39 is 17.5 Å². The molecule has 1 fully saturated rings. The van der Waals surface area contributed by atoms with Crippen molar-refractivity contribution < 1.29 is 13.6 Å². The minimum atomic E-state index is -1.01. The average molecular weight is 345 g/mol. The van der Waals surface area contributed by atoms with E-state index in [-0.39, 0.29) is 29.0 Å². The average Bonchev–Trinajstić information content (AvgIpc) is 3.02. The number of hydrogen-bond donors (Lipinski definition) is 2. The molecule has 2 unspecified atom stereocenters. The Morgan fingerprint density at radius 2 is 2.08 bits per heavy atom. The molecule has 2 atom stereocenters. The molecule has 3 rings (SSSR count).